The molecular formula is C21H24F2N4O2. The molecule has 6 rings (SSSR count). The quantitative estimate of drug-likeness (QED) is 0.834. The number of anilines is 2. The summed E-state index contributed by atoms with van der Waals surface area (Å²) in [7, 11) is 0. The number of carboxylic acids is 1. The van der Waals surface area contributed by atoms with Crippen LogP contribution in [0.25, 0.3) is 0 Å². The molecule has 4 fully saturated rings. The SMILES string of the molecule is C[C@H]1CCN1c1nc(N2C[C@H]3C[C@@H](C2)C3CC(=O)O)c2c(c1C#N)C(F)(F)CC2. The zero-order valence-electron chi connectivity index (χ0n) is 16.4. The second-order valence-electron chi connectivity index (χ2n) is 9.06. The Kier molecular flexibility index (Phi) is 4.03. The van der Waals surface area contributed by atoms with Crippen molar-refractivity contribution in [3.05, 3.63) is 16.7 Å². The van der Waals surface area contributed by atoms with Crippen LogP contribution in [-0.2, 0) is 17.1 Å². The number of carboxylic acid groups (broad SMARTS) is 1. The van der Waals surface area contributed by atoms with E-state index < -0.39 is 11.9 Å². The molecule has 1 aromatic heterocycles. The Morgan fingerprint density at radius 1 is 1.34 bits per heavy atom. The molecule has 1 saturated carbocycles. The largest absolute Gasteiger partial charge is 0.481 e. The highest BCUT2D eigenvalue weighted by molar-refractivity contribution is 5.71. The van der Waals surface area contributed by atoms with Crippen molar-refractivity contribution in [2.75, 3.05) is 29.4 Å². The monoisotopic (exact) mass is 402 g/mol. The Hall–Kier alpha value is -2.43. The molecule has 2 aliphatic carbocycles. The molecular weight excluding hydrogens is 378 g/mol. The van der Waals surface area contributed by atoms with Gasteiger partial charge in [0.1, 0.15) is 23.3 Å². The lowest BCUT2D eigenvalue weighted by Gasteiger charge is -2.54. The van der Waals surface area contributed by atoms with Crippen molar-refractivity contribution < 1.29 is 18.7 Å². The Labute approximate surface area is 168 Å². The minimum atomic E-state index is -3.01. The molecule has 6 nitrogen and oxygen atoms in total. The second kappa shape index (κ2) is 6.28. The Balaban J connectivity index is 1.55. The average molecular weight is 402 g/mol. The number of fused-ring (bicyclic) bond motifs is 3. The summed E-state index contributed by atoms with van der Waals surface area (Å²) in [5.74, 6) is -2.09. The third kappa shape index (κ3) is 2.70. The molecule has 0 amide bonds. The number of aromatic nitrogens is 1. The molecule has 29 heavy (non-hydrogen) atoms. The van der Waals surface area contributed by atoms with Crippen LogP contribution in [0, 0.1) is 29.1 Å². The van der Waals surface area contributed by atoms with Gasteiger partial charge in [-0.05, 0) is 43.9 Å². The van der Waals surface area contributed by atoms with Gasteiger partial charge in [-0.15, -0.1) is 0 Å². The Bertz CT molecular complexity index is 916. The number of hydrogen-bond donors (Lipinski definition) is 1. The number of rotatable bonds is 4. The van der Waals surface area contributed by atoms with Gasteiger partial charge in [-0.2, -0.15) is 5.26 Å². The van der Waals surface area contributed by atoms with E-state index in [1.165, 1.54) is 0 Å². The predicted octanol–water partition coefficient (Wildman–Crippen LogP) is 3.14. The topological polar surface area (TPSA) is 80.5 Å². The van der Waals surface area contributed by atoms with Crippen LogP contribution in [0.1, 0.15) is 49.3 Å². The number of halogens is 2. The second-order valence-corrected chi connectivity index (χ2v) is 9.06. The summed E-state index contributed by atoms with van der Waals surface area (Å²) in [5, 5.41) is 18.9. The number of alkyl halides is 2. The van der Waals surface area contributed by atoms with E-state index in [1.54, 1.807) is 0 Å². The van der Waals surface area contributed by atoms with Crippen LogP contribution in [0.2, 0.25) is 0 Å². The molecule has 3 aliphatic heterocycles. The minimum Gasteiger partial charge on any atom is -0.481 e. The molecule has 1 aromatic rings. The van der Waals surface area contributed by atoms with E-state index in [-0.39, 0.29) is 54.2 Å². The van der Waals surface area contributed by atoms with E-state index in [0.717, 1.165) is 19.4 Å². The van der Waals surface area contributed by atoms with Gasteiger partial charge in [-0.25, -0.2) is 13.8 Å². The van der Waals surface area contributed by atoms with Crippen molar-refractivity contribution >= 4 is 17.6 Å². The Morgan fingerprint density at radius 2 is 2.07 bits per heavy atom. The smallest absolute Gasteiger partial charge is 0.303 e. The summed E-state index contributed by atoms with van der Waals surface area (Å²) >= 11 is 0. The van der Waals surface area contributed by atoms with Crippen LogP contribution < -0.4 is 9.80 Å². The minimum absolute atomic E-state index is 0.0312. The van der Waals surface area contributed by atoms with Crippen molar-refractivity contribution in [3.63, 3.8) is 0 Å². The summed E-state index contributed by atoms with van der Waals surface area (Å²) < 4.78 is 29.6. The van der Waals surface area contributed by atoms with Crippen molar-refractivity contribution in [1.29, 1.82) is 5.26 Å². The van der Waals surface area contributed by atoms with Gasteiger partial charge in [-0.1, -0.05) is 0 Å². The summed E-state index contributed by atoms with van der Waals surface area (Å²) in [6, 6.07) is 2.22. The zero-order chi connectivity index (χ0) is 20.5. The fourth-order valence-electron chi connectivity index (χ4n) is 5.75. The van der Waals surface area contributed by atoms with Gasteiger partial charge < -0.3 is 14.9 Å². The summed E-state index contributed by atoms with van der Waals surface area (Å²) in [5.41, 5.74) is 0.420. The first-order valence-electron chi connectivity index (χ1n) is 10.4. The van der Waals surface area contributed by atoms with Gasteiger partial charge in [-0.3, -0.25) is 4.79 Å². The predicted molar refractivity (Wildman–Crippen MR) is 102 cm³/mol. The first kappa shape index (κ1) is 18.6. The highest BCUT2D eigenvalue weighted by Gasteiger charge is 2.50. The molecule has 1 N–H and O–H groups in total. The third-order valence-corrected chi connectivity index (χ3v) is 7.45. The number of carbonyl (C=O) groups is 1. The number of nitriles is 1. The van der Waals surface area contributed by atoms with E-state index in [0.29, 0.717) is 30.3 Å². The van der Waals surface area contributed by atoms with Crippen molar-refractivity contribution in [3.8, 4) is 6.07 Å². The molecule has 4 atom stereocenters. The fourth-order valence-corrected chi connectivity index (χ4v) is 5.75. The number of aliphatic carboxylic acids is 1. The molecule has 4 heterocycles. The van der Waals surface area contributed by atoms with Gasteiger partial charge in [0.25, 0.3) is 5.92 Å². The maximum absolute atomic E-state index is 14.8. The maximum Gasteiger partial charge on any atom is 0.303 e. The molecule has 2 bridgehead atoms. The van der Waals surface area contributed by atoms with E-state index >= 15 is 0 Å². The van der Waals surface area contributed by atoms with Crippen LogP contribution in [0.5, 0.6) is 0 Å². The van der Waals surface area contributed by atoms with Gasteiger partial charge in [0.2, 0.25) is 0 Å². The lowest BCUT2D eigenvalue weighted by molar-refractivity contribution is -0.141. The standard InChI is InChI=1S/C21H24F2N4O2/c1-11-3-5-27(11)20-16(8-24)18-14(2-4-21(18,22)23)19(25-20)26-9-12-6-13(10-26)15(12)7-17(28)29/h11-13,15H,2-7,9-10H2,1H3,(H,28,29)/t11-,12-,13+,15?/m0/s1. The lowest BCUT2D eigenvalue weighted by Crippen LogP contribution is -2.56. The highest BCUT2D eigenvalue weighted by Crippen LogP contribution is 2.52. The lowest BCUT2D eigenvalue weighted by atomic mass is 9.60. The molecule has 0 spiro atoms. The molecule has 1 unspecified atom stereocenters. The van der Waals surface area contributed by atoms with Crippen molar-refractivity contribution in [2.24, 2.45) is 17.8 Å². The number of piperidine rings is 2. The van der Waals surface area contributed by atoms with Gasteiger partial charge in [0.15, 0.2) is 0 Å². The third-order valence-electron chi connectivity index (χ3n) is 7.45. The molecule has 154 valence electrons. The highest BCUT2D eigenvalue weighted by atomic mass is 19.3. The van der Waals surface area contributed by atoms with E-state index in [9.17, 15) is 18.8 Å². The first-order chi connectivity index (χ1) is 13.8. The summed E-state index contributed by atoms with van der Waals surface area (Å²) in [6.45, 7) is 4.04. The van der Waals surface area contributed by atoms with Crippen LogP contribution in [0.3, 0.4) is 0 Å². The zero-order valence-corrected chi connectivity index (χ0v) is 16.4. The van der Waals surface area contributed by atoms with E-state index in [4.69, 9.17) is 10.1 Å². The average Bonchev–Trinajstić information content (AvgIpc) is 3.00. The van der Waals surface area contributed by atoms with Gasteiger partial charge >= 0.3 is 5.97 Å². The normalized spacial score (nSPS) is 31.5. The van der Waals surface area contributed by atoms with Crippen LogP contribution in [-0.4, -0.2) is 41.7 Å². The molecule has 8 heteroatoms. The van der Waals surface area contributed by atoms with Crippen LogP contribution in [0.4, 0.5) is 20.4 Å². The van der Waals surface area contributed by atoms with E-state index in [2.05, 4.69) is 4.90 Å². The first-order valence-corrected chi connectivity index (χ1v) is 10.4. The van der Waals surface area contributed by atoms with Crippen LogP contribution in [0.15, 0.2) is 0 Å². The summed E-state index contributed by atoms with van der Waals surface area (Å²) in [4.78, 5) is 20.0. The molecule has 0 aromatic carbocycles. The molecule has 3 saturated heterocycles. The summed E-state index contributed by atoms with van der Waals surface area (Å²) in [6.07, 6.45) is 2.07. The number of nitrogens with zero attached hydrogens (tertiary/aromatic N) is 4. The van der Waals surface area contributed by atoms with Crippen molar-refractivity contribution in [2.45, 2.75) is 51.0 Å². The van der Waals surface area contributed by atoms with Crippen LogP contribution >= 0.6 is 0 Å². The fraction of sp³-hybridized carbons (Fsp3) is 0.667. The number of hydrogen-bond acceptors (Lipinski definition) is 5. The molecule has 5 aliphatic rings. The number of pyridine rings is 1. The van der Waals surface area contributed by atoms with Gasteiger partial charge in [0, 0.05) is 49.6 Å². The van der Waals surface area contributed by atoms with Crippen molar-refractivity contribution in [1.82, 2.24) is 4.98 Å². The Morgan fingerprint density at radius 3 is 2.62 bits per heavy atom. The van der Waals surface area contributed by atoms with Gasteiger partial charge in [0.05, 0.1) is 0 Å². The maximum atomic E-state index is 14.8. The molecule has 0 radical (unpaired) electrons. The van der Waals surface area contributed by atoms with E-state index in [1.807, 2.05) is 17.9 Å².